The summed E-state index contributed by atoms with van der Waals surface area (Å²) in [6.07, 6.45) is 0. The summed E-state index contributed by atoms with van der Waals surface area (Å²) < 4.78 is 2.71. The van der Waals surface area contributed by atoms with Crippen LogP contribution < -0.4 is 5.56 Å². The van der Waals surface area contributed by atoms with Crippen molar-refractivity contribution in [1.29, 1.82) is 0 Å². The molecule has 4 aromatic heterocycles. The molecule has 8 heteroatoms. The predicted octanol–water partition coefficient (Wildman–Crippen LogP) is 3.78. The van der Waals surface area contributed by atoms with Crippen LogP contribution in [-0.2, 0) is 5.75 Å². The van der Waals surface area contributed by atoms with Crippen LogP contribution in [0.15, 0.2) is 51.7 Å². The maximum atomic E-state index is 12.1. The lowest BCUT2D eigenvalue weighted by Gasteiger charge is -2.07. The maximum absolute atomic E-state index is 12.1. The van der Waals surface area contributed by atoms with E-state index < -0.39 is 0 Å². The van der Waals surface area contributed by atoms with Gasteiger partial charge in [0.15, 0.2) is 10.8 Å². The van der Waals surface area contributed by atoms with Crippen LogP contribution >= 0.6 is 23.1 Å². The Hall–Kier alpha value is -2.71. The molecule has 128 valence electrons. The van der Waals surface area contributed by atoms with Crippen LogP contribution in [0.2, 0.25) is 0 Å². The molecule has 6 nitrogen and oxygen atoms in total. The van der Waals surface area contributed by atoms with Crippen molar-refractivity contribution in [2.24, 2.45) is 0 Å². The second kappa shape index (κ2) is 5.93. The van der Waals surface area contributed by atoms with E-state index in [0.29, 0.717) is 16.3 Å². The van der Waals surface area contributed by atoms with Crippen molar-refractivity contribution in [3.63, 3.8) is 0 Å². The topological polar surface area (TPSA) is 75.9 Å². The van der Waals surface area contributed by atoms with Gasteiger partial charge in [0.25, 0.3) is 5.56 Å². The summed E-state index contributed by atoms with van der Waals surface area (Å²) in [5.41, 5.74) is 3.71. The highest BCUT2D eigenvalue weighted by Gasteiger charge is 2.12. The lowest BCUT2D eigenvalue weighted by Crippen LogP contribution is -2.09. The molecule has 4 heterocycles. The van der Waals surface area contributed by atoms with Gasteiger partial charge in [0.2, 0.25) is 0 Å². The first-order chi connectivity index (χ1) is 12.7. The van der Waals surface area contributed by atoms with E-state index >= 15 is 0 Å². The van der Waals surface area contributed by atoms with Crippen LogP contribution in [0, 0.1) is 6.92 Å². The van der Waals surface area contributed by atoms with E-state index in [-0.39, 0.29) is 5.56 Å². The van der Waals surface area contributed by atoms with Crippen molar-refractivity contribution in [2.75, 3.05) is 0 Å². The number of para-hydroxylation sites is 1. The Morgan fingerprint density at radius 2 is 2.12 bits per heavy atom. The first kappa shape index (κ1) is 15.5. The number of hydrogen-bond donors (Lipinski definition) is 1. The van der Waals surface area contributed by atoms with E-state index in [9.17, 15) is 4.79 Å². The van der Waals surface area contributed by atoms with Crippen molar-refractivity contribution >= 4 is 49.9 Å². The minimum absolute atomic E-state index is 0.0900. The summed E-state index contributed by atoms with van der Waals surface area (Å²) in [6.45, 7) is 2.08. The van der Waals surface area contributed by atoms with E-state index in [1.54, 1.807) is 0 Å². The molecule has 26 heavy (non-hydrogen) atoms. The minimum atomic E-state index is -0.0900. The zero-order valence-electron chi connectivity index (χ0n) is 13.8. The smallest absolute Gasteiger partial charge is 0.268 e. The second-order valence-corrected chi connectivity index (χ2v) is 7.82. The quantitative estimate of drug-likeness (QED) is 0.483. The highest BCUT2D eigenvalue weighted by atomic mass is 32.2. The molecule has 0 saturated carbocycles. The molecular formula is C18H13N5OS2. The number of H-pyrrole nitrogens is 1. The molecule has 0 saturated heterocycles. The Morgan fingerprint density at radius 3 is 3.04 bits per heavy atom. The minimum Gasteiger partial charge on any atom is -0.309 e. The molecule has 0 atom stereocenters. The maximum Gasteiger partial charge on any atom is 0.268 e. The summed E-state index contributed by atoms with van der Waals surface area (Å²) in [7, 11) is 0. The molecule has 0 aliphatic heterocycles. The number of nitrogens with one attached hydrogen (secondary N) is 1. The van der Waals surface area contributed by atoms with Gasteiger partial charge in [0.05, 0.1) is 16.8 Å². The molecule has 0 bridgehead atoms. The molecule has 5 aromatic rings. The van der Waals surface area contributed by atoms with Crippen LogP contribution in [-0.4, -0.2) is 24.6 Å². The van der Waals surface area contributed by atoms with Crippen LogP contribution in [0.4, 0.5) is 0 Å². The monoisotopic (exact) mass is 379 g/mol. The van der Waals surface area contributed by atoms with Gasteiger partial charge < -0.3 is 4.98 Å². The van der Waals surface area contributed by atoms with E-state index in [1.807, 2.05) is 34.0 Å². The normalized spacial score (nSPS) is 11.7. The molecular weight excluding hydrogens is 366 g/mol. The number of hydrogen-bond acceptors (Lipinski definition) is 6. The van der Waals surface area contributed by atoms with Gasteiger partial charge in [-0.05, 0) is 36.1 Å². The lowest BCUT2D eigenvalue weighted by atomic mass is 10.1. The number of aryl methyl sites for hydroxylation is 1. The van der Waals surface area contributed by atoms with E-state index in [1.165, 1.54) is 34.0 Å². The Balaban J connectivity index is 1.57. The Kier molecular flexibility index (Phi) is 3.54. The number of thioether (sulfide) groups is 1. The number of pyridine rings is 1. The molecule has 1 N–H and O–H groups in total. The zero-order valence-corrected chi connectivity index (χ0v) is 15.4. The molecule has 0 fully saturated rings. The fourth-order valence-corrected chi connectivity index (χ4v) is 4.64. The van der Waals surface area contributed by atoms with Crippen LogP contribution in [0.1, 0.15) is 11.4 Å². The van der Waals surface area contributed by atoms with Crippen LogP contribution in [0.25, 0.3) is 26.8 Å². The summed E-state index contributed by atoms with van der Waals surface area (Å²) >= 11 is 2.91. The highest BCUT2D eigenvalue weighted by Crippen LogP contribution is 2.27. The number of aromatic nitrogens is 5. The van der Waals surface area contributed by atoms with Crippen molar-refractivity contribution in [3.05, 3.63) is 63.5 Å². The van der Waals surface area contributed by atoms with Gasteiger partial charge in [-0.15, -0.1) is 21.5 Å². The van der Waals surface area contributed by atoms with Crippen molar-refractivity contribution < 1.29 is 0 Å². The molecule has 5 rings (SSSR count). The van der Waals surface area contributed by atoms with Crippen molar-refractivity contribution in [3.8, 4) is 0 Å². The molecule has 0 aliphatic rings. The van der Waals surface area contributed by atoms with Gasteiger partial charge in [-0.3, -0.25) is 9.20 Å². The van der Waals surface area contributed by atoms with E-state index in [2.05, 4.69) is 39.2 Å². The first-order valence-corrected chi connectivity index (χ1v) is 9.90. The summed E-state index contributed by atoms with van der Waals surface area (Å²) in [4.78, 5) is 19.5. The van der Waals surface area contributed by atoms with Gasteiger partial charge in [-0.2, -0.15) is 0 Å². The fraction of sp³-hybridized carbons (Fsp3) is 0.111. The first-order valence-electron chi connectivity index (χ1n) is 8.03. The zero-order chi connectivity index (χ0) is 17.7. The van der Waals surface area contributed by atoms with Crippen molar-refractivity contribution in [1.82, 2.24) is 24.6 Å². The molecule has 1 aromatic carbocycles. The third-order valence-electron chi connectivity index (χ3n) is 4.28. The molecule has 0 unspecified atom stereocenters. The SMILES string of the molecule is Cc1cc2nnc(SCc3nc4ccsc4c(=O)[nH]3)n2c2ccccc12. The molecule has 0 amide bonds. The van der Waals surface area contributed by atoms with Crippen LogP contribution in [0.3, 0.4) is 0 Å². The fourth-order valence-electron chi connectivity index (χ4n) is 3.09. The van der Waals surface area contributed by atoms with Gasteiger partial charge in [0, 0.05) is 5.39 Å². The average molecular weight is 379 g/mol. The molecule has 0 aliphatic carbocycles. The summed E-state index contributed by atoms with van der Waals surface area (Å²) in [6, 6.07) is 12.1. The van der Waals surface area contributed by atoms with Gasteiger partial charge >= 0.3 is 0 Å². The Bertz CT molecular complexity index is 1330. The van der Waals surface area contributed by atoms with E-state index in [4.69, 9.17) is 0 Å². The van der Waals surface area contributed by atoms with E-state index in [0.717, 1.165) is 21.8 Å². The summed E-state index contributed by atoms with van der Waals surface area (Å²) in [5, 5.41) is 12.5. The van der Waals surface area contributed by atoms with Gasteiger partial charge in [-0.1, -0.05) is 30.0 Å². The molecule has 0 radical (unpaired) electrons. The number of aromatic amines is 1. The second-order valence-electron chi connectivity index (χ2n) is 5.96. The third kappa shape index (κ3) is 2.41. The van der Waals surface area contributed by atoms with Crippen LogP contribution in [0.5, 0.6) is 0 Å². The largest absolute Gasteiger partial charge is 0.309 e. The van der Waals surface area contributed by atoms with Crippen molar-refractivity contribution in [2.45, 2.75) is 17.8 Å². The highest BCUT2D eigenvalue weighted by molar-refractivity contribution is 7.98. The number of benzene rings is 1. The summed E-state index contributed by atoms with van der Waals surface area (Å²) in [5.74, 6) is 1.16. The average Bonchev–Trinajstić information content (AvgIpc) is 3.27. The number of thiophene rings is 1. The lowest BCUT2D eigenvalue weighted by molar-refractivity contribution is 0.934. The Labute approximate surface area is 155 Å². The molecule has 0 spiro atoms. The standard InChI is InChI=1S/C18H13N5OS2/c1-10-8-15-21-22-18(23(15)13-5-3-2-4-11(10)13)26-9-14-19-12-6-7-25-16(12)17(24)20-14/h2-8H,9H2,1H3,(H,19,20,24). The number of nitrogens with zero attached hydrogens (tertiary/aromatic N) is 4. The van der Waals surface area contributed by atoms with Gasteiger partial charge in [-0.25, -0.2) is 4.98 Å². The third-order valence-corrected chi connectivity index (χ3v) is 6.12. The number of rotatable bonds is 3. The predicted molar refractivity (Wildman–Crippen MR) is 105 cm³/mol. The van der Waals surface area contributed by atoms with Gasteiger partial charge in [0.1, 0.15) is 10.5 Å². The Morgan fingerprint density at radius 1 is 1.23 bits per heavy atom. The number of fused-ring (bicyclic) bond motifs is 4.